The lowest BCUT2D eigenvalue weighted by molar-refractivity contribution is 1.39. The summed E-state index contributed by atoms with van der Waals surface area (Å²) in [5, 5.41) is 26.0. The summed E-state index contributed by atoms with van der Waals surface area (Å²) in [5.74, 6) is 2.29. The molecule has 0 atom stereocenters. The van der Waals surface area contributed by atoms with Gasteiger partial charge in [-0.05, 0) is 12.1 Å². The van der Waals surface area contributed by atoms with E-state index in [2.05, 4.69) is 5.92 Å². The molecule has 0 bridgehead atoms. The third-order valence-corrected chi connectivity index (χ3v) is 1.67. The van der Waals surface area contributed by atoms with Gasteiger partial charge < -0.3 is 0 Å². The van der Waals surface area contributed by atoms with E-state index < -0.39 is 0 Å². The van der Waals surface area contributed by atoms with Crippen molar-refractivity contribution in [2.75, 3.05) is 0 Å². The van der Waals surface area contributed by atoms with Crippen LogP contribution in [-0.2, 0) is 0 Å². The van der Waals surface area contributed by atoms with Gasteiger partial charge in [-0.2, -0.15) is 15.8 Å². The Hall–Kier alpha value is -2.75. The number of benzene rings is 1. The SMILES string of the molecule is C#Cc1cc(C#N)c(C#N)cc1C#N. The monoisotopic (exact) mass is 177 g/mol. The maximum atomic E-state index is 8.70. The topological polar surface area (TPSA) is 71.4 Å². The highest BCUT2D eigenvalue weighted by Gasteiger charge is 2.07. The average molecular weight is 177 g/mol. The molecule has 0 amide bonds. The van der Waals surface area contributed by atoms with Gasteiger partial charge in [0.2, 0.25) is 0 Å². The molecule has 0 aliphatic heterocycles. The van der Waals surface area contributed by atoms with Gasteiger partial charge in [-0.15, -0.1) is 6.42 Å². The Balaban J connectivity index is 3.60. The number of hydrogen-bond acceptors (Lipinski definition) is 3. The molecular formula is C11H3N3. The van der Waals surface area contributed by atoms with Crippen LogP contribution >= 0.6 is 0 Å². The maximum absolute atomic E-state index is 8.70. The molecule has 0 aliphatic carbocycles. The molecule has 0 spiro atoms. The lowest BCUT2D eigenvalue weighted by atomic mass is 10.0. The van der Waals surface area contributed by atoms with Crippen LogP contribution in [0.1, 0.15) is 22.3 Å². The molecule has 3 nitrogen and oxygen atoms in total. The van der Waals surface area contributed by atoms with E-state index in [-0.39, 0.29) is 16.7 Å². The van der Waals surface area contributed by atoms with Crippen LogP contribution in [0.25, 0.3) is 0 Å². The molecule has 62 valence electrons. The molecule has 0 radical (unpaired) electrons. The lowest BCUT2D eigenvalue weighted by Crippen LogP contribution is -1.90. The first-order valence-corrected chi connectivity index (χ1v) is 3.61. The number of nitrogens with zero attached hydrogens (tertiary/aromatic N) is 3. The van der Waals surface area contributed by atoms with Gasteiger partial charge in [-0.3, -0.25) is 0 Å². The first kappa shape index (κ1) is 9.34. The fourth-order valence-corrected chi connectivity index (χ4v) is 0.997. The van der Waals surface area contributed by atoms with Crippen molar-refractivity contribution in [2.24, 2.45) is 0 Å². The average Bonchev–Trinajstić information content (AvgIpc) is 2.26. The van der Waals surface area contributed by atoms with Crippen molar-refractivity contribution in [2.45, 2.75) is 0 Å². The van der Waals surface area contributed by atoms with E-state index in [1.54, 1.807) is 0 Å². The van der Waals surface area contributed by atoms with Gasteiger partial charge in [0, 0.05) is 5.56 Å². The summed E-state index contributed by atoms with van der Waals surface area (Å²) in [4.78, 5) is 0. The Morgan fingerprint density at radius 3 is 1.50 bits per heavy atom. The van der Waals surface area contributed by atoms with Crippen LogP contribution in [-0.4, -0.2) is 0 Å². The van der Waals surface area contributed by atoms with Crippen molar-refractivity contribution in [1.29, 1.82) is 15.8 Å². The van der Waals surface area contributed by atoms with Gasteiger partial charge in [-0.25, -0.2) is 0 Å². The van der Waals surface area contributed by atoms with Crippen molar-refractivity contribution in [3.05, 3.63) is 34.4 Å². The van der Waals surface area contributed by atoms with Crippen LogP contribution < -0.4 is 0 Å². The normalized spacial score (nSPS) is 7.71. The van der Waals surface area contributed by atoms with Crippen molar-refractivity contribution >= 4 is 0 Å². The predicted octanol–water partition coefficient (Wildman–Crippen LogP) is 1.28. The van der Waals surface area contributed by atoms with E-state index >= 15 is 0 Å². The van der Waals surface area contributed by atoms with Crippen LogP contribution in [0.5, 0.6) is 0 Å². The van der Waals surface area contributed by atoms with E-state index in [9.17, 15) is 0 Å². The van der Waals surface area contributed by atoms with Gasteiger partial charge in [0.05, 0.1) is 16.7 Å². The summed E-state index contributed by atoms with van der Waals surface area (Å²) in [6.07, 6.45) is 5.15. The quantitative estimate of drug-likeness (QED) is 0.560. The van der Waals surface area contributed by atoms with Crippen LogP contribution in [0.2, 0.25) is 0 Å². The second kappa shape index (κ2) is 3.77. The minimum Gasteiger partial charge on any atom is -0.192 e. The zero-order valence-corrected chi connectivity index (χ0v) is 7.07. The Kier molecular flexibility index (Phi) is 2.52. The molecule has 0 unspecified atom stereocenters. The summed E-state index contributed by atoms with van der Waals surface area (Å²) in [6.45, 7) is 0. The van der Waals surface area contributed by atoms with Crippen molar-refractivity contribution in [3.63, 3.8) is 0 Å². The third kappa shape index (κ3) is 1.39. The van der Waals surface area contributed by atoms with E-state index in [0.717, 1.165) is 0 Å². The molecule has 0 saturated heterocycles. The van der Waals surface area contributed by atoms with Crippen molar-refractivity contribution in [3.8, 4) is 30.6 Å². The van der Waals surface area contributed by atoms with Crippen molar-refractivity contribution < 1.29 is 0 Å². The minimum atomic E-state index is 0.169. The lowest BCUT2D eigenvalue weighted by Gasteiger charge is -1.98. The first-order valence-electron chi connectivity index (χ1n) is 3.61. The van der Waals surface area contributed by atoms with Crippen LogP contribution in [0, 0.1) is 46.3 Å². The number of nitriles is 3. The summed E-state index contributed by atoms with van der Waals surface area (Å²) < 4.78 is 0. The summed E-state index contributed by atoms with van der Waals surface area (Å²) >= 11 is 0. The number of rotatable bonds is 0. The highest BCUT2D eigenvalue weighted by Crippen LogP contribution is 2.14. The predicted molar refractivity (Wildman–Crippen MR) is 48.5 cm³/mol. The number of terminal acetylenes is 1. The zero-order valence-electron chi connectivity index (χ0n) is 7.07. The van der Waals surface area contributed by atoms with E-state index in [1.807, 2.05) is 18.2 Å². The largest absolute Gasteiger partial charge is 0.192 e. The van der Waals surface area contributed by atoms with Crippen LogP contribution in [0.15, 0.2) is 12.1 Å². The van der Waals surface area contributed by atoms with Crippen LogP contribution in [0.4, 0.5) is 0 Å². The first-order chi connectivity index (χ1) is 6.76. The summed E-state index contributed by atoms with van der Waals surface area (Å²) in [5.41, 5.74) is 0.939. The van der Waals surface area contributed by atoms with Gasteiger partial charge >= 0.3 is 0 Å². The molecule has 0 aliphatic rings. The molecule has 0 heterocycles. The molecule has 1 rings (SSSR count). The molecule has 14 heavy (non-hydrogen) atoms. The molecular weight excluding hydrogens is 174 g/mol. The Morgan fingerprint density at radius 1 is 0.786 bits per heavy atom. The maximum Gasteiger partial charge on any atom is 0.101 e. The Bertz CT molecular complexity index is 444. The molecule has 3 heteroatoms. The van der Waals surface area contributed by atoms with Crippen molar-refractivity contribution in [1.82, 2.24) is 0 Å². The van der Waals surface area contributed by atoms with Crippen LogP contribution in [0.3, 0.4) is 0 Å². The fraction of sp³-hybridized carbons (Fsp3) is 0. The third-order valence-electron chi connectivity index (χ3n) is 1.67. The van der Waals surface area contributed by atoms with E-state index in [4.69, 9.17) is 22.2 Å². The minimum absolute atomic E-state index is 0.169. The molecule has 0 saturated carbocycles. The van der Waals surface area contributed by atoms with Gasteiger partial charge in [0.1, 0.15) is 18.2 Å². The highest BCUT2D eigenvalue weighted by atomic mass is 14.3. The number of hydrogen-bond donors (Lipinski definition) is 0. The molecule has 1 aromatic carbocycles. The summed E-state index contributed by atoms with van der Waals surface area (Å²) in [7, 11) is 0. The fourth-order valence-electron chi connectivity index (χ4n) is 0.997. The van der Waals surface area contributed by atoms with Gasteiger partial charge in [0.25, 0.3) is 0 Å². The zero-order chi connectivity index (χ0) is 10.6. The van der Waals surface area contributed by atoms with Gasteiger partial charge in [0.15, 0.2) is 0 Å². The Labute approximate surface area is 81.4 Å². The molecule has 0 aromatic heterocycles. The molecule has 0 fully saturated rings. The van der Waals surface area contributed by atoms with E-state index in [0.29, 0.717) is 5.56 Å². The standard InChI is InChI=1S/C11H3N3/c1-2-8-3-10(6-13)11(7-14)4-9(8)5-12/h1,3-4H. The Morgan fingerprint density at radius 2 is 1.14 bits per heavy atom. The van der Waals surface area contributed by atoms with E-state index in [1.165, 1.54) is 12.1 Å². The second-order valence-corrected chi connectivity index (χ2v) is 2.42. The van der Waals surface area contributed by atoms with Gasteiger partial charge in [-0.1, -0.05) is 5.92 Å². The second-order valence-electron chi connectivity index (χ2n) is 2.42. The molecule has 0 N–H and O–H groups in total. The molecule has 1 aromatic rings. The highest BCUT2D eigenvalue weighted by molar-refractivity contribution is 5.57. The smallest absolute Gasteiger partial charge is 0.101 e. The summed E-state index contributed by atoms with van der Waals surface area (Å²) in [6, 6.07) is 8.24.